The lowest BCUT2D eigenvalue weighted by atomic mass is 10.1. The highest BCUT2D eigenvalue weighted by Gasteiger charge is 2.04. The Kier molecular flexibility index (Phi) is 6.41. The standard InChI is InChI=1S/C17H14BrN3O3/c18-15-7-2-1-5-14(15)11-19-20-17(23)13-6-3-4-12(10-13)8-9-16(22)21-24/h1-11,24H,(H,20,23)(H,21,22). The van der Waals surface area contributed by atoms with E-state index in [4.69, 9.17) is 5.21 Å². The monoisotopic (exact) mass is 387 g/mol. The zero-order chi connectivity index (χ0) is 17.4. The molecule has 2 amide bonds. The van der Waals surface area contributed by atoms with Crippen LogP contribution in [0.5, 0.6) is 0 Å². The number of amides is 2. The summed E-state index contributed by atoms with van der Waals surface area (Å²) in [5, 5.41) is 12.4. The smallest absolute Gasteiger partial charge is 0.271 e. The molecule has 0 bridgehead atoms. The van der Waals surface area contributed by atoms with E-state index in [1.165, 1.54) is 17.8 Å². The van der Waals surface area contributed by atoms with Crippen molar-refractivity contribution < 1.29 is 14.8 Å². The van der Waals surface area contributed by atoms with Crippen molar-refractivity contribution in [3.05, 3.63) is 75.8 Å². The lowest BCUT2D eigenvalue weighted by molar-refractivity contribution is -0.124. The summed E-state index contributed by atoms with van der Waals surface area (Å²) in [5.41, 5.74) is 5.81. The predicted molar refractivity (Wildman–Crippen MR) is 94.6 cm³/mol. The highest BCUT2D eigenvalue weighted by molar-refractivity contribution is 9.10. The maximum absolute atomic E-state index is 12.1. The Balaban J connectivity index is 2.03. The zero-order valence-corrected chi connectivity index (χ0v) is 14.0. The van der Waals surface area contributed by atoms with Gasteiger partial charge in [0.25, 0.3) is 11.8 Å². The van der Waals surface area contributed by atoms with Crippen LogP contribution < -0.4 is 10.9 Å². The summed E-state index contributed by atoms with van der Waals surface area (Å²) in [5.74, 6) is -1.02. The molecule has 2 rings (SSSR count). The van der Waals surface area contributed by atoms with Crippen LogP contribution in [-0.2, 0) is 4.79 Å². The summed E-state index contributed by atoms with van der Waals surface area (Å²) in [6, 6.07) is 14.1. The third kappa shape index (κ3) is 5.15. The van der Waals surface area contributed by atoms with E-state index in [0.29, 0.717) is 11.1 Å². The number of carbonyl (C=O) groups excluding carboxylic acids is 2. The minimum atomic E-state index is -0.650. The maximum atomic E-state index is 12.1. The Labute approximate surface area is 147 Å². The van der Waals surface area contributed by atoms with Crippen molar-refractivity contribution in [2.45, 2.75) is 0 Å². The number of hydrogen-bond acceptors (Lipinski definition) is 4. The van der Waals surface area contributed by atoms with E-state index in [2.05, 4.69) is 26.5 Å². The van der Waals surface area contributed by atoms with Gasteiger partial charge in [-0.3, -0.25) is 14.8 Å². The van der Waals surface area contributed by atoms with Gasteiger partial charge in [-0.2, -0.15) is 5.10 Å². The lowest BCUT2D eigenvalue weighted by Gasteiger charge is -2.02. The topological polar surface area (TPSA) is 90.8 Å². The molecule has 3 N–H and O–H groups in total. The molecule has 0 unspecified atom stereocenters. The number of halogens is 1. The van der Waals surface area contributed by atoms with Gasteiger partial charge in [-0.05, 0) is 29.8 Å². The van der Waals surface area contributed by atoms with Gasteiger partial charge in [0.2, 0.25) is 0 Å². The third-order valence-corrected chi connectivity index (χ3v) is 3.68. The van der Waals surface area contributed by atoms with Gasteiger partial charge in [0.15, 0.2) is 0 Å². The summed E-state index contributed by atoms with van der Waals surface area (Å²) >= 11 is 3.39. The first kappa shape index (κ1) is 17.6. The second-order valence-electron chi connectivity index (χ2n) is 4.66. The average Bonchev–Trinajstić information content (AvgIpc) is 2.61. The van der Waals surface area contributed by atoms with Crippen molar-refractivity contribution in [2.24, 2.45) is 5.10 Å². The molecule has 0 aliphatic heterocycles. The van der Waals surface area contributed by atoms with E-state index in [9.17, 15) is 9.59 Å². The fourth-order valence-corrected chi connectivity index (χ4v) is 2.18. The van der Waals surface area contributed by atoms with Crippen molar-refractivity contribution in [3.63, 3.8) is 0 Å². The van der Waals surface area contributed by atoms with Crippen LogP contribution in [0.3, 0.4) is 0 Å². The third-order valence-electron chi connectivity index (χ3n) is 2.96. The molecule has 0 aliphatic rings. The summed E-state index contributed by atoms with van der Waals surface area (Å²) in [6.07, 6.45) is 4.17. The summed E-state index contributed by atoms with van der Waals surface area (Å²) in [7, 11) is 0. The molecule has 2 aromatic rings. The molecule has 0 aromatic heterocycles. The van der Waals surface area contributed by atoms with Gasteiger partial charge in [-0.1, -0.05) is 46.3 Å². The van der Waals surface area contributed by atoms with E-state index in [1.54, 1.807) is 24.3 Å². The molecule has 2 aromatic carbocycles. The number of hydrazone groups is 1. The first-order valence-corrected chi connectivity index (χ1v) is 7.69. The summed E-state index contributed by atoms with van der Waals surface area (Å²) in [6.45, 7) is 0. The van der Waals surface area contributed by atoms with Gasteiger partial charge in [0.05, 0.1) is 6.21 Å². The van der Waals surface area contributed by atoms with E-state index < -0.39 is 5.91 Å². The van der Waals surface area contributed by atoms with Gasteiger partial charge in [0.1, 0.15) is 0 Å². The number of nitrogens with zero attached hydrogens (tertiary/aromatic N) is 1. The first-order valence-electron chi connectivity index (χ1n) is 6.90. The van der Waals surface area contributed by atoms with Crippen molar-refractivity contribution in [1.29, 1.82) is 0 Å². The van der Waals surface area contributed by atoms with Crippen LogP contribution in [0.1, 0.15) is 21.5 Å². The predicted octanol–water partition coefficient (Wildman–Crippen LogP) is 2.73. The maximum Gasteiger partial charge on any atom is 0.271 e. The van der Waals surface area contributed by atoms with Gasteiger partial charge in [-0.25, -0.2) is 10.9 Å². The lowest BCUT2D eigenvalue weighted by Crippen LogP contribution is -2.17. The summed E-state index contributed by atoms with van der Waals surface area (Å²) < 4.78 is 0.872. The van der Waals surface area contributed by atoms with Crippen LogP contribution in [0.25, 0.3) is 6.08 Å². The van der Waals surface area contributed by atoms with Crippen LogP contribution in [0.2, 0.25) is 0 Å². The molecule has 7 heteroatoms. The van der Waals surface area contributed by atoms with E-state index in [-0.39, 0.29) is 5.91 Å². The van der Waals surface area contributed by atoms with E-state index in [1.807, 2.05) is 24.3 Å². The van der Waals surface area contributed by atoms with E-state index in [0.717, 1.165) is 16.1 Å². The number of rotatable bonds is 5. The van der Waals surface area contributed by atoms with Crippen LogP contribution in [0.4, 0.5) is 0 Å². The Hall–Kier alpha value is -2.77. The van der Waals surface area contributed by atoms with Crippen molar-refractivity contribution in [1.82, 2.24) is 10.9 Å². The largest absolute Gasteiger partial charge is 0.288 e. The van der Waals surface area contributed by atoms with Crippen LogP contribution in [0, 0.1) is 0 Å². The second-order valence-corrected chi connectivity index (χ2v) is 5.51. The van der Waals surface area contributed by atoms with Crippen LogP contribution >= 0.6 is 15.9 Å². The van der Waals surface area contributed by atoms with Crippen molar-refractivity contribution >= 4 is 40.0 Å². The quantitative estimate of drug-likeness (QED) is 0.318. The Morgan fingerprint density at radius 2 is 1.92 bits per heavy atom. The number of carbonyl (C=O) groups is 2. The molecular formula is C17H14BrN3O3. The van der Waals surface area contributed by atoms with Crippen LogP contribution in [-0.4, -0.2) is 23.2 Å². The molecule has 0 radical (unpaired) electrons. The molecule has 122 valence electrons. The minimum absolute atomic E-state index is 0.375. The van der Waals surface area contributed by atoms with Gasteiger partial charge >= 0.3 is 0 Å². The molecule has 0 spiro atoms. The van der Waals surface area contributed by atoms with E-state index >= 15 is 0 Å². The zero-order valence-electron chi connectivity index (χ0n) is 12.4. The van der Waals surface area contributed by atoms with Crippen LogP contribution in [0.15, 0.2) is 64.2 Å². The van der Waals surface area contributed by atoms with Gasteiger partial charge in [0, 0.05) is 21.7 Å². The van der Waals surface area contributed by atoms with Gasteiger partial charge < -0.3 is 0 Å². The SMILES string of the molecule is O=C(C=Cc1cccc(C(=O)NN=Cc2ccccc2Br)c1)NO. The fraction of sp³-hybridized carbons (Fsp3) is 0. The second kappa shape index (κ2) is 8.76. The Morgan fingerprint density at radius 1 is 1.12 bits per heavy atom. The fourth-order valence-electron chi connectivity index (χ4n) is 1.80. The minimum Gasteiger partial charge on any atom is -0.288 e. The molecule has 0 fully saturated rings. The molecular weight excluding hydrogens is 374 g/mol. The number of benzene rings is 2. The molecule has 0 heterocycles. The summed E-state index contributed by atoms with van der Waals surface area (Å²) in [4.78, 5) is 23.0. The average molecular weight is 388 g/mol. The molecule has 6 nitrogen and oxygen atoms in total. The molecule has 0 saturated carbocycles. The number of nitrogens with one attached hydrogen (secondary N) is 2. The first-order chi connectivity index (χ1) is 11.6. The molecule has 0 atom stereocenters. The highest BCUT2D eigenvalue weighted by Crippen LogP contribution is 2.13. The molecule has 24 heavy (non-hydrogen) atoms. The van der Waals surface area contributed by atoms with Crippen molar-refractivity contribution in [2.75, 3.05) is 0 Å². The Morgan fingerprint density at radius 3 is 2.67 bits per heavy atom. The Bertz CT molecular complexity index is 803. The highest BCUT2D eigenvalue weighted by atomic mass is 79.9. The normalized spacial score (nSPS) is 10.9. The molecule has 0 aliphatic carbocycles. The van der Waals surface area contributed by atoms with Crippen molar-refractivity contribution in [3.8, 4) is 0 Å². The molecule has 0 saturated heterocycles. The number of hydrogen-bond donors (Lipinski definition) is 3. The number of hydroxylamine groups is 1. The van der Waals surface area contributed by atoms with Gasteiger partial charge in [-0.15, -0.1) is 0 Å².